The van der Waals surface area contributed by atoms with E-state index in [1.807, 2.05) is 59.3 Å². The SMILES string of the molecule is CCc1ccc([C@H]2c3c(C)nn(-c4ccccc4)c3N=C3C(Nc4ccc(Cl)cc4)=Nc4ccccc4N32)cc1. The van der Waals surface area contributed by atoms with Gasteiger partial charge in [0.25, 0.3) is 0 Å². The first kappa shape index (κ1) is 24.4. The smallest absolute Gasteiger partial charge is 0.179 e. The number of nitrogens with one attached hydrogen (secondary N) is 1. The number of aryl methyl sites for hydroxylation is 2. The summed E-state index contributed by atoms with van der Waals surface area (Å²) in [6, 6.07) is 34.8. The van der Waals surface area contributed by atoms with Gasteiger partial charge in [-0.05, 0) is 73.0 Å². The van der Waals surface area contributed by atoms with Crippen molar-refractivity contribution in [2.24, 2.45) is 9.98 Å². The van der Waals surface area contributed by atoms with Gasteiger partial charge >= 0.3 is 0 Å². The van der Waals surface area contributed by atoms with Crippen molar-refractivity contribution in [2.45, 2.75) is 26.3 Å². The fourth-order valence-electron chi connectivity index (χ4n) is 5.47. The molecule has 1 atom stereocenters. The molecule has 0 saturated heterocycles. The highest BCUT2D eigenvalue weighted by molar-refractivity contribution is 6.51. The van der Waals surface area contributed by atoms with Crippen molar-refractivity contribution in [1.82, 2.24) is 9.78 Å². The van der Waals surface area contributed by atoms with Gasteiger partial charge in [-0.25, -0.2) is 14.7 Å². The van der Waals surface area contributed by atoms with Gasteiger partial charge in [0, 0.05) is 16.3 Å². The Hall–Kier alpha value is -4.68. The van der Waals surface area contributed by atoms with Gasteiger partial charge in [-0.3, -0.25) is 0 Å². The van der Waals surface area contributed by atoms with E-state index >= 15 is 0 Å². The lowest BCUT2D eigenvalue weighted by molar-refractivity contribution is 0.814. The van der Waals surface area contributed by atoms with Crippen molar-refractivity contribution < 1.29 is 0 Å². The molecule has 0 aliphatic carbocycles. The van der Waals surface area contributed by atoms with Gasteiger partial charge in [0.05, 0.1) is 28.8 Å². The summed E-state index contributed by atoms with van der Waals surface area (Å²) in [7, 11) is 0. The minimum Gasteiger partial charge on any atom is -0.337 e. The maximum Gasteiger partial charge on any atom is 0.179 e. The predicted molar refractivity (Wildman–Crippen MR) is 164 cm³/mol. The molecule has 6 nitrogen and oxygen atoms in total. The van der Waals surface area contributed by atoms with Crippen LogP contribution in [0.15, 0.2) is 113 Å². The highest BCUT2D eigenvalue weighted by Gasteiger charge is 2.41. The summed E-state index contributed by atoms with van der Waals surface area (Å²) in [5, 5.41) is 9.22. The monoisotopic (exact) mass is 542 g/mol. The number of fused-ring (bicyclic) bond motifs is 4. The number of aromatic nitrogens is 2. The van der Waals surface area contributed by atoms with Gasteiger partial charge < -0.3 is 10.2 Å². The molecule has 0 radical (unpaired) electrons. The molecule has 4 aromatic carbocycles. The number of halogens is 1. The van der Waals surface area contributed by atoms with Gasteiger partial charge in [-0.2, -0.15) is 5.10 Å². The molecule has 1 N–H and O–H groups in total. The molecule has 3 heterocycles. The number of hydrogen-bond acceptors (Lipinski definition) is 5. The van der Waals surface area contributed by atoms with Crippen molar-refractivity contribution in [3.8, 4) is 5.69 Å². The van der Waals surface area contributed by atoms with Crippen LogP contribution in [0.3, 0.4) is 0 Å². The molecular formula is C33H27ClN6. The number of benzene rings is 4. The molecule has 7 heteroatoms. The lowest BCUT2D eigenvalue weighted by Gasteiger charge is -2.40. The van der Waals surface area contributed by atoms with Crippen LogP contribution in [0.25, 0.3) is 5.69 Å². The Labute approximate surface area is 238 Å². The van der Waals surface area contributed by atoms with E-state index in [9.17, 15) is 0 Å². The molecule has 0 fully saturated rings. The molecule has 0 amide bonds. The number of para-hydroxylation sites is 3. The fourth-order valence-corrected chi connectivity index (χ4v) is 5.59. The van der Waals surface area contributed by atoms with Crippen LogP contribution in [0.1, 0.15) is 35.3 Å². The molecule has 2 aliphatic rings. The summed E-state index contributed by atoms with van der Waals surface area (Å²) < 4.78 is 1.95. The Morgan fingerprint density at radius 3 is 2.30 bits per heavy atom. The van der Waals surface area contributed by atoms with Crippen molar-refractivity contribution >= 4 is 46.2 Å². The predicted octanol–water partition coefficient (Wildman–Crippen LogP) is 8.19. The zero-order valence-electron chi connectivity index (χ0n) is 22.2. The van der Waals surface area contributed by atoms with E-state index in [2.05, 4.69) is 72.6 Å². The summed E-state index contributed by atoms with van der Waals surface area (Å²) in [6.45, 7) is 4.25. The molecule has 7 rings (SSSR count). The molecule has 40 heavy (non-hydrogen) atoms. The van der Waals surface area contributed by atoms with E-state index in [0.717, 1.165) is 52.1 Å². The number of amidine groups is 2. The molecular weight excluding hydrogens is 516 g/mol. The largest absolute Gasteiger partial charge is 0.337 e. The van der Waals surface area contributed by atoms with E-state index in [1.54, 1.807) is 0 Å². The zero-order valence-corrected chi connectivity index (χ0v) is 23.0. The highest BCUT2D eigenvalue weighted by atomic mass is 35.5. The first-order valence-electron chi connectivity index (χ1n) is 13.4. The average Bonchev–Trinajstić information content (AvgIpc) is 3.33. The first-order valence-corrected chi connectivity index (χ1v) is 13.8. The third-order valence-electron chi connectivity index (χ3n) is 7.45. The fraction of sp³-hybridized carbons (Fsp3) is 0.121. The lowest BCUT2D eigenvalue weighted by Crippen LogP contribution is -2.46. The highest BCUT2D eigenvalue weighted by Crippen LogP contribution is 2.48. The summed E-state index contributed by atoms with van der Waals surface area (Å²) in [5.41, 5.74) is 8.23. The minimum atomic E-state index is -0.149. The van der Waals surface area contributed by atoms with E-state index in [4.69, 9.17) is 26.7 Å². The maximum atomic E-state index is 6.18. The van der Waals surface area contributed by atoms with Gasteiger partial charge in [-0.15, -0.1) is 0 Å². The number of hydrogen-bond donors (Lipinski definition) is 1. The Morgan fingerprint density at radius 2 is 1.55 bits per heavy atom. The lowest BCUT2D eigenvalue weighted by atomic mass is 9.92. The second-order valence-corrected chi connectivity index (χ2v) is 10.4. The average molecular weight is 543 g/mol. The topological polar surface area (TPSA) is 57.8 Å². The van der Waals surface area contributed by atoms with Crippen LogP contribution in [0.5, 0.6) is 0 Å². The molecule has 5 aromatic rings. The Bertz CT molecular complexity index is 1770. The van der Waals surface area contributed by atoms with E-state index in [0.29, 0.717) is 10.9 Å². The van der Waals surface area contributed by atoms with Crippen LogP contribution >= 0.6 is 11.6 Å². The normalized spacial score (nSPS) is 15.5. The molecule has 0 spiro atoms. The molecule has 2 aliphatic heterocycles. The molecule has 0 bridgehead atoms. The quantitative estimate of drug-likeness (QED) is 0.249. The van der Waals surface area contributed by atoms with Crippen LogP contribution in [0.2, 0.25) is 5.02 Å². The Morgan fingerprint density at radius 1 is 0.825 bits per heavy atom. The van der Waals surface area contributed by atoms with Crippen molar-refractivity contribution in [3.05, 3.63) is 131 Å². The van der Waals surface area contributed by atoms with Gasteiger partial charge in [0.1, 0.15) is 0 Å². The van der Waals surface area contributed by atoms with Gasteiger partial charge in [0.2, 0.25) is 0 Å². The summed E-state index contributed by atoms with van der Waals surface area (Å²) in [4.78, 5) is 12.6. The Kier molecular flexibility index (Phi) is 5.98. The van der Waals surface area contributed by atoms with Crippen LogP contribution in [-0.2, 0) is 6.42 Å². The third kappa shape index (κ3) is 4.08. The molecule has 0 unspecified atom stereocenters. The summed E-state index contributed by atoms with van der Waals surface area (Å²) in [5.74, 6) is 2.22. The first-order chi connectivity index (χ1) is 19.6. The Balaban J connectivity index is 1.48. The second kappa shape index (κ2) is 9.81. The summed E-state index contributed by atoms with van der Waals surface area (Å²) >= 11 is 6.18. The van der Waals surface area contributed by atoms with E-state index < -0.39 is 0 Å². The summed E-state index contributed by atoms with van der Waals surface area (Å²) in [6.07, 6.45) is 0.988. The minimum absolute atomic E-state index is 0.149. The van der Waals surface area contributed by atoms with Gasteiger partial charge in [0.15, 0.2) is 17.5 Å². The molecule has 196 valence electrons. The zero-order chi connectivity index (χ0) is 27.2. The number of nitrogens with zero attached hydrogens (tertiary/aromatic N) is 5. The number of aliphatic imine (C=N–C) groups is 2. The molecule has 0 saturated carbocycles. The van der Waals surface area contributed by atoms with Crippen LogP contribution < -0.4 is 10.2 Å². The van der Waals surface area contributed by atoms with Crippen molar-refractivity contribution in [1.29, 1.82) is 0 Å². The van der Waals surface area contributed by atoms with Gasteiger partial charge in [-0.1, -0.05) is 73.1 Å². The van der Waals surface area contributed by atoms with Crippen LogP contribution in [0.4, 0.5) is 22.9 Å². The van der Waals surface area contributed by atoms with Crippen LogP contribution in [0, 0.1) is 6.92 Å². The second-order valence-electron chi connectivity index (χ2n) is 9.95. The number of rotatable bonds is 4. The number of anilines is 2. The standard InChI is InChI=1S/C33H27ClN6/c1-3-22-13-15-23(16-14-22)30-29-21(2)38-40(26-9-5-4-6-10-26)32(29)37-33-31(35-25-19-17-24(34)18-20-25)36-27-11-7-8-12-28(27)39(30)33/h4-20,30H,3H2,1-2H3,(H,35,36)/t30-/m0/s1. The van der Waals surface area contributed by atoms with Crippen molar-refractivity contribution in [2.75, 3.05) is 10.2 Å². The van der Waals surface area contributed by atoms with Crippen molar-refractivity contribution in [3.63, 3.8) is 0 Å². The van der Waals surface area contributed by atoms with E-state index in [1.165, 1.54) is 11.1 Å². The third-order valence-corrected chi connectivity index (χ3v) is 7.70. The van der Waals surface area contributed by atoms with Crippen LogP contribution in [-0.4, -0.2) is 21.5 Å². The molecule has 1 aromatic heterocycles. The maximum absolute atomic E-state index is 6.18. The van der Waals surface area contributed by atoms with E-state index in [-0.39, 0.29) is 6.04 Å².